The number of nitrogens with one attached hydrogen (secondary N) is 1. The second kappa shape index (κ2) is 5.81. The first-order valence-electron chi connectivity index (χ1n) is 7.02. The fourth-order valence-electron chi connectivity index (χ4n) is 2.39. The van der Waals surface area contributed by atoms with Crippen LogP contribution in [0.25, 0.3) is 11.0 Å². The minimum atomic E-state index is -0.116. The summed E-state index contributed by atoms with van der Waals surface area (Å²) in [5, 5.41) is 3.67. The molecule has 1 atom stereocenters. The first-order valence-corrected chi connectivity index (χ1v) is 7.40. The summed E-state index contributed by atoms with van der Waals surface area (Å²) < 4.78 is 1.92. The van der Waals surface area contributed by atoms with E-state index in [1.807, 2.05) is 54.9 Å². The summed E-state index contributed by atoms with van der Waals surface area (Å²) in [4.78, 5) is 16.7. The number of hydrogen-bond acceptors (Lipinski definition) is 2. The predicted octanol–water partition coefficient (Wildman–Crippen LogP) is 3.72. The van der Waals surface area contributed by atoms with E-state index in [2.05, 4.69) is 10.3 Å². The van der Waals surface area contributed by atoms with Crippen molar-refractivity contribution in [1.29, 1.82) is 0 Å². The Hall–Kier alpha value is -2.33. The molecule has 0 spiro atoms. The number of carbonyl (C=O) groups is 1. The van der Waals surface area contributed by atoms with E-state index in [4.69, 9.17) is 11.6 Å². The molecular formula is C17H16ClN3O. The van der Waals surface area contributed by atoms with Crippen LogP contribution >= 0.6 is 11.6 Å². The Balaban J connectivity index is 1.78. The highest BCUT2D eigenvalue weighted by Gasteiger charge is 2.12. The third kappa shape index (κ3) is 2.83. The van der Waals surface area contributed by atoms with Gasteiger partial charge in [-0.15, -0.1) is 0 Å². The number of fused-ring (bicyclic) bond motifs is 1. The largest absolute Gasteiger partial charge is 0.346 e. The molecule has 3 aromatic rings. The predicted molar refractivity (Wildman–Crippen MR) is 88.0 cm³/mol. The van der Waals surface area contributed by atoms with Crippen molar-refractivity contribution in [2.75, 3.05) is 0 Å². The van der Waals surface area contributed by atoms with Gasteiger partial charge in [0.1, 0.15) is 0 Å². The number of benzene rings is 2. The Morgan fingerprint density at radius 1 is 1.23 bits per heavy atom. The van der Waals surface area contributed by atoms with E-state index in [1.54, 1.807) is 12.4 Å². The van der Waals surface area contributed by atoms with Gasteiger partial charge in [-0.2, -0.15) is 0 Å². The van der Waals surface area contributed by atoms with Crippen molar-refractivity contribution < 1.29 is 4.79 Å². The van der Waals surface area contributed by atoms with E-state index in [-0.39, 0.29) is 11.9 Å². The topological polar surface area (TPSA) is 46.9 Å². The summed E-state index contributed by atoms with van der Waals surface area (Å²) >= 11 is 5.88. The summed E-state index contributed by atoms with van der Waals surface area (Å²) in [7, 11) is 1.93. The SMILES string of the molecule is C[C@@H](NC(=O)c1ccc2c(c1)ncn2C)c1ccc(Cl)cc1. The maximum atomic E-state index is 12.4. The van der Waals surface area contributed by atoms with E-state index in [1.165, 1.54) is 0 Å². The number of rotatable bonds is 3. The maximum absolute atomic E-state index is 12.4. The first kappa shape index (κ1) is 14.6. The summed E-state index contributed by atoms with van der Waals surface area (Å²) in [5.41, 5.74) is 3.43. The van der Waals surface area contributed by atoms with E-state index < -0.39 is 0 Å². The first-order chi connectivity index (χ1) is 10.5. The number of nitrogens with zero attached hydrogens (tertiary/aromatic N) is 2. The number of aryl methyl sites for hydroxylation is 1. The van der Waals surface area contributed by atoms with Gasteiger partial charge in [0.05, 0.1) is 23.4 Å². The van der Waals surface area contributed by atoms with Crippen molar-refractivity contribution in [2.24, 2.45) is 7.05 Å². The van der Waals surface area contributed by atoms with E-state index >= 15 is 0 Å². The highest BCUT2D eigenvalue weighted by molar-refractivity contribution is 6.30. The van der Waals surface area contributed by atoms with E-state index in [9.17, 15) is 4.79 Å². The number of carbonyl (C=O) groups excluding carboxylic acids is 1. The van der Waals surface area contributed by atoms with Gasteiger partial charge in [-0.05, 0) is 42.8 Å². The lowest BCUT2D eigenvalue weighted by atomic mass is 10.1. The molecule has 5 heteroatoms. The molecule has 22 heavy (non-hydrogen) atoms. The molecule has 0 saturated heterocycles. The molecule has 0 unspecified atom stereocenters. The fourth-order valence-corrected chi connectivity index (χ4v) is 2.52. The summed E-state index contributed by atoms with van der Waals surface area (Å²) in [6.45, 7) is 1.94. The molecule has 0 radical (unpaired) electrons. The maximum Gasteiger partial charge on any atom is 0.251 e. The molecule has 112 valence electrons. The Labute approximate surface area is 133 Å². The van der Waals surface area contributed by atoms with Crippen molar-refractivity contribution >= 4 is 28.5 Å². The van der Waals surface area contributed by atoms with Crippen molar-refractivity contribution in [2.45, 2.75) is 13.0 Å². The van der Waals surface area contributed by atoms with Crippen LogP contribution in [0, 0.1) is 0 Å². The molecule has 1 aromatic heterocycles. The number of halogens is 1. The zero-order chi connectivity index (χ0) is 15.7. The molecular weight excluding hydrogens is 298 g/mol. The second-order valence-corrected chi connectivity index (χ2v) is 5.74. The van der Waals surface area contributed by atoms with Gasteiger partial charge in [-0.25, -0.2) is 4.98 Å². The normalized spacial score (nSPS) is 12.3. The van der Waals surface area contributed by atoms with Crippen LogP contribution in [0.3, 0.4) is 0 Å². The van der Waals surface area contributed by atoms with Crippen LogP contribution in [-0.4, -0.2) is 15.5 Å². The van der Waals surface area contributed by atoms with Gasteiger partial charge in [0.2, 0.25) is 0 Å². The molecule has 1 N–H and O–H groups in total. The fraction of sp³-hybridized carbons (Fsp3) is 0.176. The molecule has 0 saturated carbocycles. The van der Waals surface area contributed by atoms with Crippen molar-refractivity contribution in [3.05, 3.63) is 64.9 Å². The van der Waals surface area contributed by atoms with Crippen LogP contribution in [0.2, 0.25) is 5.02 Å². The molecule has 2 aromatic carbocycles. The van der Waals surface area contributed by atoms with Crippen LogP contribution in [0.5, 0.6) is 0 Å². The molecule has 4 nitrogen and oxygen atoms in total. The molecule has 0 aliphatic rings. The summed E-state index contributed by atoms with van der Waals surface area (Å²) in [5.74, 6) is -0.116. The van der Waals surface area contributed by atoms with Gasteiger partial charge in [0, 0.05) is 17.6 Å². The summed E-state index contributed by atoms with van der Waals surface area (Å²) in [6, 6.07) is 12.9. The monoisotopic (exact) mass is 313 g/mol. The third-order valence-corrected chi connectivity index (χ3v) is 3.96. The third-order valence-electron chi connectivity index (χ3n) is 3.71. The molecule has 0 aliphatic heterocycles. The molecule has 0 aliphatic carbocycles. The minimum Gasteiger partial charge on any atom is -0.346 e. The average Bonchev–Trinajstić information content (AvgIpc) is 2.88. The highest BCUT2D eigenvalue weighted by Crippen LogP contribution is 2.18. The Morgan fingerprint density at radius 3 is 2.68 bits per heavy atom. The Kier molecular flexibility index (Phi) is 3.86. The van der Waals surface area contributed by atoms with Crippen LogP contribution < -0.4 is 5.32 Å². The van der Waals surface area contributed by atoms with Gasteiger partial charge in [0.25, 0.3) is 5.91 Å². The summed E-state index contributed by atoms with van der Waals surface area (Å²) in [6.07, 6.45) is 1.74. The van der Waals surface area contributed by atoms with Crippen LogP contribution in [0.15, 0.2) is 48.8 Å². The molecule has 1 heterocycles. The lowest BCUT2D eigenvalue weighted by Crippen LogP contribution is -2.26. The smallest absolute Gasteiger partial charge is 0.251 e. The van der Waals surface area contributed by atoms with Gasteiger partial charge in [-0.3, -0.25) is 4.79 Å². The lowest BCUT2D eigenvalue weighted by Gasteiger charge is -2.14. The standard InChI is InChI=1S/C17H16ClN3O/c1-11(12-3-6-14(18)7-4-12)20-17(22)13-5-8-16-15(9-13)19-10-21(16)2/h3-11H,1-2H3,(H,20,22)/t11-/m1/s1. The van der Waals surface area contributed by atoms with E-state index in [0.717, 1.165) is 16.6 Å². The number of aromatic nitrogens is 2. The van der Waals surface area contributed by atoms with Crippen molar-refractivity contribution in [3.63, 3.8) is 0 Å². The van der Waals surface area contributed by atoms with Crippen LogP contribution in [-0.2, 0) is 7.05 Å². The van der Waals surface area contributed by atoms with Crippen LogP contribution in [0.1, 0.15) is 28.9 Å². The highest BCUT2D eigenvalue weighted by atomic mass is 35.5. The van der Waals surface area contributed by atoms with Gasteiger partial charge < -0.3 is 9.88 Å². The van der Waals surface area contributed by atoms with Crippen LogP contribution in [0.4, 0.5) is 0 Å². The minimum absolute atomic E-state index is 0.0933. The second-order valence-electron chi connectivity index (χ2n) is 5.31. The molecule has 0 bridgehead atoms. The molecule has 3 rings (SSSR count). The molecule has 1 amide bonds. The van der Waals surface area contributed by atoms with Gasteiger partial charge >= 0.3 is 0 Å². The Bertz CT molecular complexity index is 824. The van der Waals surface area contributed by atoms with E-state index in [0.29, 0.717) is 10.6 Å². The number of hydrogen-bond donors (Lipinski definition) is 1. The quantitative estimate of drug-likeness (QED) is 0.801. The average molecular weight is 314 g/mol. The van der Waals surface area contributed by atoms with Gasteiger partial charge in [-0.1, -0.05) is 23.7 Å². The zero-order valence-electron chi connectivity index (χ0n) is 12.4. The lowest BCUT2D eigenvalue weighted by molar-refractivity contribution is 0.0940. The number of amides is 1. The van der Waals surface area contributed by atoms with Crippen molar-refractivity contribution in [3.8, 4) is 0 Å². The number of imidazole rings is 1. The zero-order valence-corrected chi connectivity index (χ0v) is 13.1. The van der Waals surface area contributed by atoms with Gasteiger partial charge in [0.15, 0.2) is 0 Å². The Morgan fingerprint density at radius 2 is 1.95 bits per heavy atom. The van der Waals surface area contributed by atoms with Crippen molar-refractivity contribution in [1.82, 2.24) is 14.9 Å². The molecule has 0 fully saturated rings.